The van der Waals surface area contributed by atoms with Crippen molar-refractivity contribution in [3.63, 3.8) is 0 Å². The molecule has 0 heterocycles. The summed E-state index contributed by atoms with van der Waals surface area (Å²) in [5, 5.41) is 0. The zero-order chi connectivity index (χ0) is 13.5. The Labute approximate surface area is 149 Å². The second-order valence-corrected chi connectivity index (χ2v) is 7.71. The van der Waals surface area contributed by atoms with Crippen LogP contribution in [0.1, 0.15) is 0 Å². The molecule has 96 valence electrons. The average Bonchev–Trinajstić information content (AvgIpc) is 1.41. The van der Waals surface area contributed by atoms with Crippen LogP contribution in [0.5, 0.6) is 0 Å². The zero-order valence-electron chi connectivity index (χ0n) is 8.28. The minimum absolute atomic E-state index is 0. The molecular formula is H4Mo3Na2O12. The van der Waals surface area contributed by atoms with E-state index in [4.69, 9.17) is 42.9 Å². The van der Waals surface area contributed by atoms with Gasteiger partial charge in [-0.15, -0.1) is 0 Å². The van der Waals surface area contributed by atoms with Gasteiger partial charge in [0.1, 0.15) is 0 Å². The molecule has 0 aliphatic heterocycles. The van der Waals surface area contributed by atoms with E-state index in [2.05, 4.69) is 0 Å². The van der Waals surface area contributed by atoms with Crippen LogP contribution in [-0.4, -0.2) is 15.0 Å². The summed E-state index contributed by atoms with van der Waals surface area (Å²) in [4.78, 5) is 0. The van der Waals surface area contributed by atoms with Gasteiger partial charge in [0.15, 0.2) is 0 Å². The Balaban J connectivity index is -0.0000000400. The fraction of sp³-hybridized carbons (Fsp3) is 0. The van der Waals surface area contributed by atoms with E-state index in [9.17, 15) is 0 Å². The van der Waals surface area contributed by atoms with Crippen molar-refractivity contribution in [2.45, 2.75) is 0 Å². The van der Waals surface area contributed by atoms with E-state index in [0.29, 0.717) is 0 Å². The standard InChI is InChI=1S/3Mo.2Na.4H2O.8O/h;;;;;4*1H2;;;;;;;;/q;2*+2;2*+1;;;;;;;;;;;2*-1/p-4. The van der Waals surface area contributed by atoms with Crippen molar-refractivity contribution in [1.82, 2.24) is 0 Å². The third-order valence-electron chi connectivity index (χ3n) is 0. The van der Waals surface area contributed by atoms with Gasteiger partial charge in [-0.1, -0.05) is 0 Å². The Morgan fingerprint density at radius 3 is 0.588 bits per heavy atom. The van der Waals surface area contributed by atoms with E-state index in [1.54, 1.807) is 0 Å². The molecule has 12 nitrogen and oxygen atoms in total. The van der Waals surface area contributed by atoms with Gasteiger partial charge >= 0.3 is 152 Å². The van der Waals surface area contributed by atoms with E-state index in [1.807, 2.05) is 0 Å². The maximum absolute atomic E-state index is 8.85. The van der Waals surface area contributed by atoms with Gasteiger partial charge in [0.25, 0.3) is 0 Å². The van der Waals surface area contributed by atoms with Crippen LogP contribution in [0.3, 0.4) is 0 Å². The first-order chi connectivity index (χ1) is 6.00. The minimum atomic E-state index is -6.02. The third-order valence-corrected chi connectivity index (χ3v) is 0. The SMILES string of the molecule is [Na+].[Na+].[O]=[Mo](=[O])([O-])[O-].[O]=[Mo](=[O])([OH])[OH].[O]=[Mo](=[O])([OH])[OH]. The molecule has 4 N–H and O–H groups in total. The normalized spacial score (nSPS) is 10.2. The van der Waals surface area contributed by atoms with Crippen LogP contribution < -0.4 is 66.6 Å². The van der Waals surface area contributed by atoms with E-state index in [-0.39, 0.29) is 59.1 Å². The Hall–Kier alpha value is 2.62. The van der Waals surface area contributed by atoms with Crippen LogP contribution in [0.15, 0.2) is 0 Å². The molecule has 0 radical (unpaired) electrons. The quantitative estimate of drug-likeness (QED) is 0.214. The van der Waals surface area contributed by atoms with Crippen molar-refractivity contribution in [2.24, 2.45) is 0 Å². The third kappa shape index (κ3) is 747. The summed E-state index contributed by atoms with van der Waals surface area (Å²) in [6.45, 7) is 0. The van der Waals surface area contributed by atoms with Crippen LogP contribution >= 0.6 is 0 Å². The van der Waals surface area contributed by atoms with Crippen molar-refractivity contribution >= 4 is 0 Å². The molecule has 0 bridgehead atoms. The molecule has 0 unspecified atom stereocenters. The molecule has 0 aliphatic carbocycles. The van der Waals surface area contributed by atoms with E-state index >= 15 is 0 Å². The topological polar surface area (TPSA) is 229 Å². The Bertz CT molecular complexity index is 341. The molecule has 0 amide bonds. The van der Waals surface area contributed by atoms with Gasteiger partial charge in [-0.2, -0.15) is 0 Å². The van der Waals surface area contributed by atoms with Gasteiger partial charge in [0.05, 0.1) is 0 Å². The summed E-state index contributed by atoms with van der Waals surface area (Å²) in [5.41, 5.74) is 0. The molecule has 17 heavy (non-hydrogen) atoms. The van der Waals surface area contributed by atoms with Gasteiger partial charge in [-0.3, -0.25) is 0 Å². The maximum atomic E-state index is 8.85. The zero-order valence-corrected chi connectivity index (χ0v) is 18.3. The fourth-order valence-electron chi connectivity index (χ4n) is 0. The summed E-state index contributed by atoms with van der Waals surface area (Å²) in [5.74, 6) is 0. The molecule has 17 heteroatoms. The predicted molar refractivity (Wildman–Crippen MR) is 13.0 cm³/mol. The number of rotatable bonds is 0. The summed E-state index contributed by atoms with van der Waals surface area (Å²) in [6.07, 6.45) is 0. The molecule has 0 aliphatic rings. The van der Waals surface area contributed by atoms with E-state index in [0.717, 1.165) is 0 Å². The van der Waals surface area contributed by atoms with Crippen LogP contribution in [-0.2, 0) is 70.6 Å². The Morgan fingerprint density at radius 1 is 0.588 bits per heavy atom. The first kappa shape index (κ1) is 31.8. The Kier molecular flexibility index (Phi) is 25.5. The van der Waals surface area contributed by atoms with Crippen LogP contribution in [0.25, 0.3) is 0 Å². The molecule has 0 aromatic carbocycles. The summed E-state index contributed by atoms with van der Waals surface area (Å²) in [7, 11) is 0. The van der Waals surface area contributed by atoms with Crippen LogP contribution in [0.4, 0.5) is 0 Å². The van der Waals surface area contributed by atoms with Crippen molar-refractivity contribution in [2.75, 3.05) is 0 Å². The fourth-order valence-corrected chi connectivity index (χ4v) is 0. The summed E-state index contributed by atoms with van der Waals surface area (Å²) >= 11 is -17.1. The Morgan fingerprint density at radius 2 is 0.588 bits per heavy atom. The molecule has 0 spiro atoms. The number of hydrogen-bond donors (Lipinski definition) is 4. The average molecular weight is 530 g/mol. The first-order valence-corrected chi connectivity index (χ1v) is 12.2. The second-order valence-electron chi connectivity index (χ2n) is 1.30. The molecule has 0 fully saturated rings. The predicted octanol–water partition coefficient (Wildman–Crippen LogP) is -11.3. The van der Waals surface area contributed by atoms with Gasteiger partial charge in [-0.05, 0) is 0 Å². The monoisotopic (exact) mass is 536 g/mol. The van der Waals surface area contributed by atoms with E-state index < -0.39 is 50.2 Å². The first-order valence-electron chi connectivity index (χ1n) is 2.06. The van der Waals surface area contributed by atoms with Gasteiger partial charge in [0.2, 0.25) is 0 Å². The molecule has 0 aromatic heterocycles. The van der Waals surface area contributed by atoms with Gasteiger partial charge in [-0.25, -0.2) is 0 Å². The molecule has 0 saturated heterocycles. The van der Waals surface area contributed by atoms with Crippen LogP contribution in [0.2, 0.25) is 0 Å². The van der Waals surface area contributed by atoms with Crippen molar-refractivity contribution in [3.05, 3.63) is 0 Å². The number of hydrogen-bond acceptors (Lipinski definition) is 8. The van der Waals surface area contributed by atoms with Crippen molar-refractivity contribution < 1.29 is 152 Å². The molecule has 0 atom stereocenters. The van der Waals surface area contributed by atoms with Crippen LogP contribution in [0, 0.1) is 0 Å². The molecule has 0 saturated carbocycles. The summed E-state index contributed by atoms with van der Waals surface area (Å²) < 4.78 is 98.5. The van der Waals surface area contributed by atoms with Gasteiger partial charge in [0, 0.05) is 0 Å². The molecular weight excluding hydrogens is 526 g/mol. The molecule has 0 rings (SSSR count). The van der Waals surface area contributed by atoms with E-state index in [1.165, 1.54) is 0 Å². The van der Waals surface area contributed by atoms with Crippen molar-refractivity contribution in [1.29, 1.82) is 0 Å². The summed E-state index contributed by atoms with van der Waals surface area (Å²) in [6, 6.07) is 0. The van der Waals surface area contributed by atoms with Gasteiger partial charge < -0.3 is 0 Å². The second kappa shape index (κ2) is 13.6. The molecule has 0 aromatic rings. The van der Waals surface area contributed by atoms with Crippen molar-refractivity contribution in [3.8, 4) is 0 Å².